The number of rotatable bonds is 2. The molecule has 1 aromatic rings. The molecule has 0 saturated carbocycles. The van der Waals surface area contributed by atoms with Crippen molar-refractivity contribution in [3.8, 4) is 0 Å². The zero-order valence-corrected chi connectivity index (χ0v) is 9.61. The van der Waals surface area contributed by atoms with Crippen LogP contribution in [0.2, 0.25) is 0 Å². The SMILES string of the molecule is Cc1ccc(C(O)C2CCOC2C)cc1F. The Morgan fingerprint density at radius 2 is 2.25 bits per heavy atom. The van der Waals surface area contributed by atoms with Crippen LogP contribution in [0.25, 0.3) is 0 Å². The fraction of sp³-hybridized carbons (Fsp3) is 0.538. The lowest BCUT2D eigenvalue weighted by Gasteiger charge is -2.21. The van der Waals surface area contributed by atoms with Crippen molar-refractivity contribution >= 4 is 0 Å². The summed E-state index contributed by atoms with van der Waals surface area (Å²) in [7, 11) is 0. The molecule has 0 bridgehead atoms. The maximum Gasteiger partial charge on any atom is 0.126 e. The predicted molar refractivity (Wildman–Crippen MR) is 59.6 cm³/mol. The van der Waals surface area contributed by atoms with Crippen molar-refractivity contribution in [2.24, 2.45) is 5.92 Å². The Bertz CT molecular complexity index is 378. The molecule has 1 N–H and O–H groups in total. The lowest BCUT2D eigenvalue weighted by molar-refractivity contribution is 0.0430. The molecule has 1 fully saturated rings. The van der Waals surface area contributed by atoms with Crippen LogP contribution < -0.4 is 0 Å². The van der Waals surface area contributed by atoms with E-state index >= 15 is 0 Å². The summed E-state index contributed by atoms with van der Waals surface area (Å²) < 4.78 is 18.8. The summed E-state index contributed by atoms with van der Waals surface area (Å²) in [5.74, 6) is -0.190. The lowest BCUT2D eigenvalue weighted by atomic mass is 9.90. The summed E-state index contributed by atoms with van der Waals surface area (Å²) in [4.78, 5) is 0. The summed E-state index contributed by atoms with van der Waals surface area (Å²) in [5, 5.41) is 10.2. The number of halogens is 1. The second-order valence-electron chi connectivity index (χ2n) is 4.48. The summed E-state index contributed by atoms with van der Waals surface area (Å²) in [5.41, 5.74) is 1.25. The van der Waals surface area contributed by atoms with Gasteiger partial charge in [-0.25, -0.2) is 4.39 Å². The molecule has 3 atom stereocenters. The molecule has 0 spiro atoms. The van der Waals surface area contributed by atoms with Crippen molar-refractivity contribution in [1.29, 1.82) is 0 Å². The van der Waals surface area contributed by atoms with Gasteiger partial charge in [0.05, 0.1) is 12.2 Å². The van der Waals surface area contributed by atoms with Gasteiger partial charge < -0.3 is 9.84 Å². The highest BCUT2D eigenvalue weighted by Crippen LogP contribution is 2.33. The Morgan fingerprint density at radius 3 is 2.81 bits per heavy atom. The van der Waals surface area contributed by atoms with Crippen molar-refractivity contribution in [2.75, 3.05) is 6.61 Å². The van der Waals surface area contributed by atoms with Crippen LogP contribution in [0, 0.1) is 18.7 Å². The van der Waals surface area contributed by atoms with Crippen molar-refractivity contribution in [3.63, 3.8) is 0 Å². The molecule has 0 aliphatic carbocycles. The number of aliphatic hydroxyl groups is 1. The summed E-state index contributed by atoms with van der Waals surface area (Å²) in [6, 6.07) is 4.91. The van der Waals surface area contributed by atoms with Crippen molar-refractivity contribution < 1.29 is 14.2 Å². The van der Waals surface area contributed by atoms with Gasteiger partial charge in [0, 0.05) is 12.5 Å². The van der Waals surface area contributed by atoms with E-state index in [1.54, 1.807) is 19.1 Å². The first kappa shape index (κ1) is 11.6. The molecular formula is C13H17FO2. The van der Waals surface area contributed by atoms with E-state index in [2.05, 4.69) is 0 Å². The first-order valence-electron chi connectivity index (χ1n) is 5.65. The Morgan fingerprint density at radius 1 is 1.50 bits per heavy atom. The van der Waals surface area contributed by atoms with Crippen molar-refractivity contribution in [2.45, 2.75) is 32.5 Å². The molecular weight excluding hydrogens is 207 g/mol. The Labute approximate surface area is 95.1 Å². The van der Waals surface area contributed by atoms with Crippen LogP contribution in [0.5, 0.6) is 0 Å². The van der Waals surface area contributed by atoms with Gasteiger partial charge in [0.2, 0.25) is 0 Å². The Hall–Kier alpha value is -0.930. The van der Waals surface area contributed by atoms with Gasteiger partial charge in [-0.1, -0.05) is 12.1 Å². The number of benzene rings is 1. The topological polar surface area (TPSA) is 29.5 Å². The monoisotopic (exact) mass is 224 g/mol. The van der Waals surface area contributed by atoms with Gasteiger partial charge in [-0.15, -0.1) is 0 Å². The minimum absolute atomic E-state index is 0.0411. The highest BCUT2D eigenvalue weighted by Gasteiger charge is 2.31. The van der Waals surface area contributed by atoms with E-state index in [4.69, 9.17) is 4.74 Å². The fourth-order valence-corrected chi connectivity index (χ4v) is 2.20. The second-order valence-corrected chi connectivity index (χ2v) is 4.48. The van der Waals surface area contributed by atoms with Crippen molar-refractivity contribution in [1.82, 2.24) is 0 Å². The standard InChI is InChI=1S/C13H17FO2/c1-8-3-4-10(7-12(8)14)13(15)11-5-6-16-9(11)2/h3-4,7,9,11,13,15H,5-6H2,1-2H3. The molecule has 1 saturated heterocycles. The maximum atomic E-state index is 13.4. The average molecular weight is 224 g/mol. The highest BCUT2D eigenvalue weighted by atomic mass is 19.1. The van der Waals surface area contributed by atoms with E-state index in [0.717, 1.165) is 6.42 Å². The van der Waals surface area contributed by atoms with Crippen LogP contribution >= 0.6 is 0 Å². The quantitative estimate of drug-likeness (QED) is 0.836. The van der Waals surface area contributed by atoms with Gasteiger partial charge in [0.25, 0.3) is 0 Å². The number of hydrogen-bond donors (Lipinski definition) is 1. The maximum absolute atomic E-state index is 13.4. The van der Waals surface area contributed by atoms with E-state index in [1.807, 2.05) is 6.92 Å². The fourth-order valence-electron chi connectivity index (χ4n) is 2.20. The molecule has 0 aromatic heterocycles. The van der Waals surface area contributed by atoms with Crippen LogP contribution in [0.3, 0.4) is 0 Å². The summed E-state index contributed by atoms with van der Waals surface area (Å²) in [6.45, 7) is 4.34. The molecule has 88 valence electrons. The lowest BCUT2D eigenvalue weighted by Crippen LogP contribution is -2.19. The van der Waals surface area contributed by atoms with Crippen LogP contribution in [-0.4, -0.2) is 17.8 Å². The number of aliphatic hydroxyl groups excluding tert-OH is 1. The summed E-state index contributed by atoms with van der Waals surface area (Å²) in [6.07, 6.45) is 0.240. The van der Waals surface area contributed by atoms with Gasteiger partial charge in [-0.2, -0.15) is 0 Å². The van der Waals surface area contributed by atoms with E-state index in [-0.39, 0.29) is 17.8 Å². The third-order valence-corrected chi connectivity index (χ3v) is 3.38. The normalized spacial score (nSPS) is 27.0. The molecule has 16 heavy (non-hydrogen) atoms. The minimum atomic E-state index is -0.632. The number of hydrogen-bond acceptors (Lipinski definition) is 2. The van der Waals surface area contributed by atoms with E-state index in [1.165, 1.54) is 6.07 Å². The van der Waals surface area contributed by atoms with E-state index in [9.17, 15) is 9.50 Å². The molecule has 3 unspecified atom stereocenters. The van der Waals surface area contributed by atoms with Gasteiger partial charge in [0.1, 0.15) is 5.82 Å². The Kier molecular flexibility index (Phi) is 3.26. The zero-order chi connectivity index (χ0) is 11.7. The van der Waals surface area contributed by atoms with Gasteiger partial charge in [0.15, 0.2) is 0 Å². The van der Waals surface area contributed by atoms with E-state index < -0.39 is 6.10 Å². The van der Waals surface area contributed by atoms with Crippen LogP contribution in [0.4, 0.5) is 4.39 Å². The van der Waals surface area contributed by atoms with Gasteiger partial charge >= 0.3 is 0 Å². The molecule has 2 rings (SSSR count). The first-order chi connectivity index (χ1) is 7.59. The molecule has 2 nitrogen and oxygen atoms in total. The minimum Gasteiger partial charge on any atom is -0.388 e. The molecule has 0 amide bonds. The van der Waals surface area contributed by atoms with E-state index in [0.29, 0.717) is 17.7 Å². The first-order valence-corrected chi connectivity index (χ1v) is 5.65. The number of aryl methyl sites for hydroxylation is 1. The Balaban J connectivity index is 2.20. The molecule has 1 heterocycles. The van der Waals surface area contributed by atoms with Crippen LogP contribution in [0.1, 0.15) is 30.6 Å². The average Bonchev–Trinajstić information content (AvgIpc) is 2.67. The zero-order valence-electron chi connectivity index (χ0n) is 9.61. The van der Waals surface area contributed by atoms with Crippen LogP contribution in [-0.2, 0) is 4.74 Å². The summed E-state index contributed by atoms with van der Waals surface area (Å²) >= 11 is 0. The van der Waals surface area contributed by atoms with Crippen molar-refractivity contribution in [3.05, 3.63) is 35.1 Å². The van der Waals surface area contributed by atoms with Crippen LogP contribution in [0.15, 0.2) is 18.2 Å². The van der Waals surface area contributed by atoms with Gasteiger partial charge in [-0.3, -0.25) is 0 Å². The molecule has 1 aliphatic heterocycles. The molecule has 1 aromatic carbocycles. The molecule has 3 heteroatoms. The van der Waals surface area contributed by atoms with Gasteiger partial charge in [-0.05, 0) is 37.5 Å². The second kappa shape index (κ2) is 4.52. The third-order valence-electron chi connectivity index (χ3n) is 3.38. The number of ether oxygens (including phenoxy) is 1. The smallest absolute Gasteiger partial charge is 0.126 e. The largest absolute Gasteiger partial charge is 0.388 e. The highest BCUT2D eigenvalue weighted by molar-refractivity contribution is 5.25. The third kappa shape index (κ3) is 2.11. The predicted octanol–water partition coefficient (Wildman–Crippen LogP) is 2.59. The molecule has 1 aliphatic rings. The molecule has 0 radical (unpaired) electrons.